The Hall–Kier alpha value is -2.21. The van der Waals surface area contributed by atoms with Gasteiger partial charge in [-0.15, -0.1) is 0 Å². The van der Waals surface area contributed by atoms with Crippen LogP contribution in [0.25, 0.3) is 0 Å². The number of amides is 2. The van der Waals surface area contributed by atoms with Crippen LogP contribution in [0.1, 0.15) is 31.0 Å². The molecule has 1 aromatic carbocycles. The first-order valence-corrected chi connectivity index (χ1v) is 8.23. The molecule has 2 heterocycles. The highest BCUT2D eigenvalue weighted by Gasteiger charge is 2.70. The van der Waals surface area contributed by atoms with Crippen LogP contribution in [-0.4, -0.2) is 41.9 Å². The number of benzene rings is 1. The van der Waals surface area contributed by atoms with Gasteiger partial charge in [-0.05, 0) is 19.4 Å². The number of ether oxygens (including phenoxy) is 1. The van der Waals surface area contributed by atoms with Gasteiger partial charge in [0.2, 0.25) is 17.4 Å². The van der Waals surface area contributed by atoms with E-state index in [0.29, 0.717) is 0 Å². The van der Waals surface area contributed by atoms with Crippen molar-refractivity contribution in [2.24, 2.45) is 11.8 Å². The summed E-state index contributed by atoms with van der Waals surface area (Å²) < 4.78 is 5.22. The summed E-state index contributed by atoms with van der Waals surface area (Å²) in [5.41, 5.74) is 0.933. The van der Waals surface area contributed by atoms with Crippen molar-refractivity contribution in [3.05, 3.63) is 35.4 Å². The maximum atomic E-state index is 12.7. The molecule has 6 nitrogen and oxygen atoms in total. The molecule has 1 aromatic rings. The molecule has 0 aliphatic carbocycles. The Morgan fingerprint density at radius 2 is 1.96 bits per heavy atom. The third-order valence-corrected chi connectivity index (χ3v) is 5.39. The van der Waals surface area contributed by atoms with Crippen molar-refractivity contribution >= 4 is 17.8 Å². The van der Waals surface area contributed by atoms with Crippen LogP contribution in [0.3, 0.4) is 0 Å². The van der Waals surface area contributed by atoms with E-state index in [1.807, 2.05) is 36.5 Å². The van der Waals surface area contributed by atoms with Crippen LogP contribution in [0.2, 0.25) is 0 Å². The van der Waals surface area contributed by atoms with Crippen molar-refractivity contribution in [2.45, 2.75) is 32.4 Å². The van der Waals surface area contributed by atoms with Crippen molar-refractivity contribution in [3.8, 4) is 0 Å². The molecular formula is C18H23N2O4+. The molecule has 2 fully saturated rings. The van der Waals surface area contributed by atoms with Gasteiger partial charge in [-0.2, -0.15) is 0 Å². The number of nitrogens with two attached hydrogens (primary N) is 1. The third-order valence-electron chi connectivity index (χ3n) is 5.39. The van der Waals surface area contributed by atoms with E-state index < -0.39 is 23.3 Å². The number of aryl methyl sites for hydroxylation is 1. The molecule has 2 N–H and O–H groups in total. The molecule has 0 saturated carbocycles. The second-order valence-electron chi connectivity index (χ2n) is 6.79. The van der Waals surface area contributed by atoms with Crippen LogP contribution in [0.15, 0.2) is 24.3 Å². The number of quaternary nitrogens is 1. The van der Waals surface area contributed by atoms with Gasteiger partial charge >= 0.3 is 5.97 Å². The van der Waals surface area contributed by atoms with Gasteiger partial charge in [-0.1, -0.05) is 24.3 Å². The SMILES string of the molecule is CCOC(=O)[C@]1(C)[NH2+][C@@H](c2ccccc2C)[C@H]2C(=O)N(C)C(=O)[C@H]21. The topological polar surface area (TPSA) is 80.3 Å². The maximum absolute atomic E-state index is 12.7. The summed E-state index contributed by atoms with van der Waals surface area (Å²) >= 11 is 0. The fourth-order valence-electron chi connectivity index (χ4n) is 4.13. The fraction of sp³-hybridized carbons (Fsp3) is 0.500. The first kappa shape index (κ1) is 16.6. The highest BCUT2D eigenvalue weighted by atomic mass is 16.5. The monoisotopic (exact) mass is 331 g/mol. The largest absolute Gasteiger partial charge is 0.461 e. The number of carbonyl (C=O) groups is 3. The number of rotatable bonds is 3. The minimum atomic E-state index is -1.09. The molecule has 0 aromatic heterocycles. The van der Waals surface area contributed by atoms with Gasteiger partial charge in [-0.25, -0.2) is 4.79 Å². The lowest BCUT2D eigenvalue weighted by Crippen LogP contribution is -2.97. The summed E-state index contributed by atoms with van der Waals surface area (Å²) in [6.07, 6.45) is 0. The van der Waals surface area contributed by atoms with Crippen LogP contribution >= 0.6 is 0 Å². The lowest BCUT2D eigenvalue weighted by molar-refractivity contribution is -0.731. The predicted molar refractivity (Wildman–Crippen MR) is 85.6 cm³/mol. The van der Waals surface area contributed by atoms with Crippen LogP contribution in [0, 0.1) is 18.8 Å². The zero-order valence-corrected chi connectivity index (χ0v) is 14.4. The van der Waals surface area contributed by atoms with Crippen LogP contribution in [0.5, 0.6) is 0 Å². The van der Waals surface area contributed by atoms with Crippen LogP contribution in [-0.2, 0) is 19.1 Å². The lowest BCUT2D eigenvalue weighted by Gasteiger charge is -2.25. The number of likely N-dealkylation sites (tertiary alicyclic amines) is 1. The molecule has 2 saturated heterocycles. The Balaban J connectivity index is 2.10. The Bertz CT molecular complexity index is 717. The smallest absolute Gasteiger partial charge is 0.368 e. The third kappa shape index (κ3) is 2.17. The average molecular weight is 331 g/mol. The molecule has 0 bridgehead atoms. The molecule has 0 spiro atoms. The van der Waals surface area contributed by atoms with Gasteiger partial charge in [0.05, 0.1) is 6.61 Å². The van der Waals surface area contributed by atoms with E-state index in [1.165, 1.54) is 7.05 Å². The molecule has 0 radical (unpaired) electrons. The normalized spacial score (nSPS) is 32.2. The van der Waals surface area contributed by atoms with E-state index in [2.05, 4.69) is 0 Å². The number of imide groups is 1. The Kier molecular flexibility index (Phi) is 3.95. The molecule has 2 aliphatic rings. The van der Waals surface area contributed by atoms with Crippen LogP contribution < -0.4 is 5.32 Å². The summed E-state index contributed by atoms with van der Waals surface area (Å²) in [6.45, 7) is 5.67. The summed E-state index contributed by atoms with van der Waals surface area (Å²) in [5.74, 6) is -2.19. The Morgan fingerprint density at radius 3 is 2.58 bits per heavy atom. The lowest BCUT2D eigenvalue weighted by atomic mass is 9.80. The first-order valence-electron chi connectivity index (χ1n) is 8.23. The zero-order chi connectivity index (χ0) is 17.6. The fourth-order valence-corrected chi connectivity index (χ4v) is 4.13. The van der Waals surface area contributed by atoms with Crippen molar-refractivity contribution in [3.63, 3.8) is 0 Å². The van der Waals surface area contributed by atoms with Gasteiger partial charge in [0.25, 0.3) is 0 Å². The highest BCUT2D eigenvalue weighted by molar-refractivity contribution is 6.08. The molecule has 6 heteroatoms. The zero-order valence-electron chi connectivity index (χ0n) is 14.4. The average Bonchev–Trinajstić information content (AvgIpc) is 2.98. The minimum absolute atomic E-state index is 0.220. The van der Waals surface area contributed by atoms with Gasteiger partial charge in [-0.3, -0.25) is 14.5 Å². The van der Waals surface area contributed by atoms with E-state index >= 15 is 0 Å². The molecule has 24 heavy (non-hydrogen) atoms. The quantitative estimate of drug-likeness (QED) is 0.632. The number of fused-ring (bicyclic) bond motifs is 1. The van der Waals surface area contributed by atoms with E-state index in [-0.39, 0.29) is 24.5 Å². The van der Waals surface area contributed by atoms with E-state index in [4.69, 9.17) is 4.74 Å². The number of esters is 1. The van der Waals surface area contributed by atoms with Crippen molar-refractivity contribution in [2.75, 3.05) is 13.7 Å². The standard InChI is InChI=1S/C18H22N2O4/c1-5-24-17(23)18(3)13-12(15(21)20(4)16(13)22)14(19-18)11-9-7-6-8-10(11)2/h6-9,12-14,19H,5H2,1-4H3/p+1/t12-,13-,14-,18+/m0/s1. The molecule has 2 aliphatic heterocycles. The van der Waals surface area contributed by atoms with Gasteiger partial charge in [0.1, 0.15) is 17.9 Å². The highest BCUT2D eigenvalue weighted by Crippen LogP contribution is 2.44. The second-order valence-corrected chi connectivity index (χ2v) is 6.79. The summed E-state index contributed by atoms with van der Waals surface area (Å²) in [4.78, 5) is 39.1. The Labute approximate surface area is 141 Å². The van der Waals surface area contributed by atoms with Gasteiger partial charge < -0.3 is 10.1 Å². The molecule has 2 amide bonds. The van der Waals surface area contributed by atoms with Gasteiger partial charge in [0, 0.05) is 19.5 Å². The molecule has 4 atom stereocenters. The van der Waals surface area contributed by atoms with Crippen molar-refractivity contribution in [1.82, 2.24) is 4.90 Å². The second kappa shape index (κ2) is 5.70. The van der Waals surface area contributed by atoms with Crippen molar-refractivity contribution in [1.29, 1.82) is 0 Å². The van der Waals surface area contributed by atoms with E-state index in [9.17, 15) is 14.4 Å². The first-order chi connectivity index (χ1) is 11.3. The number of carbonyl (C=O) groups excluding carboxylic acids is 3. The summed E-state index contributed by atoms with van der Waals surface area (Å²) in [7, 11) is 1.49. The maximum Gasteiger partial charge on any atom is 0.368 e. The molecule has 3 rings (SSSR count). The molecular weight excluding hydrogens is 308 g/mol. The number of hydrogen-bond donors (Lipinski definition) is 1. The van der Waals surface area contributed by atoms with Crippen molar-refractivity contribution < 1.29 is 24.4 Å². The van der Waals surface area contributed by atoms with E-state index in [0.717, 1.165) is 16.0 Å². The van der Waals surface area contributed by atoms with Crippen LogP contribution in [0.4, 0.5) is 0 Å². The molecule has 128 valence electrons. The summed E-state index contributed by atoms with van der Waals surface area (Å²) in [6, 6.07) is 7.51. The molecule has 0 unspecified atom stereocenters. The Morgan fingerprint density at radius 1 is 1.29 bits per heavy atom. The minimum Gasteiger partial charge on any atom is -0.461 e. The number of nitrogens with zero attached hydrogens (tertiary/aromatic N) is 1. The predicted octanol–water partition coefficient (Wildman–Crippen LogP) is 0.166. The number of hydrogen-bond acceptors (Lipinski definition) is 4. The van der Waals surface area contributed by atoms with Gasteiger partial charge in [0.15, 0.2) is 0 Å². The van der Waals surface area contributed by atoms with E-state index in [1.54, 1.807) is 13.8 Å². The summed E-state index contributed by atoms with van der Waals surface area (Å²) in [5, 5.41) is 1.85.